The summed E-state index contributed by atoms with van der Waals surface area (Å²) in [4.78, 5) is 13.4. The monoisotopic (exact) mass is 582 g/mol. The summed E-state index contributed by atoms with van der Waals surface area (Å²) in [7, 11) is 0. The fourth-order valence-electron chi connectivity index (χ4n) is 6.49. The average Bonchev–Trinajstić information content (AvgIpc) is 3.00. The van der Waals surface area contributed by atoms with Crippen LogP contribution in [-0.4, -0.2) is 66.1 Å². The quantitative estimate of drug-likeness (QED) is 0.194. The van der Waals surface area contributed by atoms with Crippen molar-refractivity contribution in [2.75, 3.05) is 0 Å². The molecule has 1 aliphatic rings. The fourth-order valence-corrected chi connectivity index (χ4v) is 6.49. The predicted octanol–water partition coefficient (Wildman–Crippen LogP) is 3.19. The first-order valence-electron chi connectivity index (χ1n) is 14.4. The Hall–Kier alpha value is -3.69. The normalized spacial score (nSPS) is 29.6. The Bertz CT molecular complexity index is 1500. The second-order valence-electron chi connectivity index (χ2n) is 11.6. The van der Waals surface area contributed by atoms with Gasteiger partial charge in [0.1, 0.15) is 17.3 Å². The van der Waals surface area contributed by atoms with Gasteiger partial charge in [-0.05, 0) is 22.3 Å². The highest BCUT2D eigenvalue weighted by Gasteiger charge is 2.78. The number of aliphatic hydroxyl groups is 5. The summed E-state index contributed by atoms with van der Waals surface area (Å²) in [5.41, 5.74) is -5.49. The third-order valence-corrected chi connectivity index (χ3v) is 8.77. The molecule has 0 aromatic heterocycles. The molecule has 0 aliphatic carbocycles. The van der Waals surface area contributed by atoms with E-state index >= 15 is 0 Å². The SMILES string of the molecule is CC(=O)[C@]1(O)O[C@H](C(O)Cc2ccccc2)[C@](O)(Cc2ccccc2)[C@@](O)(Cc2ccccc2)[C@@]1(O)Cc1ccccc1. The lowest BCUT2D eigenvalue weighted by molar-refractivity contribution is -0.429. The summed E-state index contributed by atoms with van der Waals surface area (Å²) >= 11 is 0. The van der Waals surface area contributed by atoms with Gasteiger partial charge in [-0.1, -0.05) is 121 Å². The number of aliphatic hydroxyl groups excluding tert-OH is 1. The van der Waals surface area contributed by atoms with Crippen LogP contribution in [0.4, 0.5) is 0 Å². The van der Waals surface area contributed by atoms with Crippen molar-refractivity contribution in [3.8, 4) is 0 Å². The van der Waals surface area contributed by atoms with E-state index in [9.17, 15) is 30.3 Å². The van der Waals surface area contributed by atoms with Crippen molar-refractivity contribution < 1.29 is 35.1 Å². The highest BCUT2D eigenvalue weighted by atomic mass is 16.7. The maximum Gasteiger partial charge on any atom is 0.259 e. The minimum Gasteiger partial charge on any atom is -0.390 e. The highest BCUT2D eigenvalue weighted by Crippen LogP contribution is 2.54. The van der Waals surface area contributed by atoms with Gasteiger partial charge in [0.25, 0.3) is 5.79 Å². The standard InChI is InChI=1S/C36H38O7/c1-26(37)36(42)35(41,25-30-20-12-5-13-21-30)34(40,24-29-18-10-4-11-19-29)33(39,23-28-16-8-3-9-17-28)32(43-36)31(38)22-27-14-6-2-7-15-27/h2-21,31-32,38-42H,22-25H2,1H3/t31?,32-,33-,34+,35+,36+/m1/s1. The Labute approximate surface area is 251 Å². The molecule has 4 aromatic rings. The van der Waals surface area contributed by atoms with Gasteiger partial charge in [-0.2, -0.15) is 0 Å². The first kappa shape index (κ1) is 30.8. The minimum atomic E-state index is -3.00. The van der Waals surface area contributed by atoms with Gasteiger partial charge in [-0.25, -0.2) is 0 Å². The number of carbonyl (C=O) groups excluding carboxylic acids is 1. The molecule has 0 amide bonds. The van der Waals surface area contributed by atoms with Gasteiger partial charge >= 0.3 is 0 Å². The summed E-state index contributed by atoms with van der Waals surface area (Å²) in [5.74, 6) is -3.98. The number of ketones is 1. The van der Waals surface area contributed by atoms with Gasteiger partial charge in [-0.15, -0.1) is 0 Å². The molecule has 0 radical (unpaired) electrons. The molecule has 1 heterocycles. The Morgan fingerprint density at radius 3 is 1.42 bits per heavy atom. The third-order valence-electron chi connectivity index (χ3n) is 8.77. The molecule has 0 bridgehead atoms. The molecule has 1 saturated heterocycles. The van der Waals surface area contributed by atoms with E-state index in [1.807, 2.05) is 12.1 Å². The summed E-state index contributed by atoms with van der Waals surface area (Å²) in [5, 5.41) is 62.5. The molecule has 5 rings (SSSR count). The van der Waals surface area contributed by atoms with Crippen molar-refractivity contribution in [1.82, 2.24) is 0 Å². The minimum absolute atomic E-state index is 0.0187. The Morgan fingerprint density at radius 1 is 0.628 bits per heavy atom. The fraction of sp³-hybridized carbons (Fsp3) is 0.306. The molecule has 4 aromatic carbocycles. The van der Waals surface area contributed by atoms with E-state index in [2.05, 4.69) is 0 Å². The zero-order valence-electron chi connectivity index (χ0n) is 24.1. The first-order valence-corrected chi connectivity index (χ1v) is 14.4. The molecule has 7 heteroatoms. The van der Waals surface area contributed by atoms with Crippen molar-refractivity contribution in [3.05, 3.63) is 144 Å². The number of benzene rings is 4. The van der Waals surface area contributed by atoms with Gasteiger partial charge < -0.3 is 30.3 Å². The molecule has 43 heavy (non-hydrogen) atoms. The summed E-state index contributed by atoms with van der Waals surface area (Å²) in [6.45, 7) is 1.06. The van der Waals surface area contributed by atoms with E-state index in [0.29, 0.717) is 22.3 Å². The second-order valence-corrected chi connectivity index (χ2v) is 11.6. The molecule has 0 spiro atoms. The van der Waals surface area contributed by atoms with Crippen LogP contribution in [0.1, 0.15) is 29.2 Å². The third kappa shape index (κ3) is 5.56. The molecular weight excluding hydrogens is 544 g/mol. The zero-order chi connectivity index (χ0) is 30.7. The predicted molar refractivity (Wildman–Crippen MR) is 162 cm³/mol. The van der Waals surface area contributed by atoms with Gasteiger partial charge in [-0.3, -0.25) is 4.79 Å². The summed E-state index contributed by atoms with van der Waals surface area (Å²) in [6.07, 6.45) is -4.29. The largest absolute Gasteiger partial charge is 0.390 e. The number of hydrogen-bond donors (Lipinski definition) is 5. The van der Waals surface area contributed by atoms with Crippen molar-refractivity contribution >= 4 is 5.78 Å². The average molecular weight is 583 g/mol. The molecule has 224 valence electrons. The lowest BCUT2D eigenvalue weighted by Crippen LogP contribution is -2.88. The van der Waals surface area contributed by atoms with Crippen LogP contribution < -0.4 is 0 Å². The Balaban J connectivity index is 1.75. The van der Waals surface area contributed by atoms with Crippen LogP contribution in [-0.2, 0) is 35.2 Å². The molecular formula is C36H38O7. The van der Waals surface area contributed by atoms with Crippen molar-refractivity contribution in [2.45, 2.75) is 67.4 Å². The Morgan fingerprint density at radius 2 is 1.00 bits per heavy atom. The van der Waals surface area contributed by atoms with Crippen LogP contribution >= 0.6 is 0 Å². The molecule has 6 atom stereocenters. The van der Waals surface area contributed by atoms with Crippen LogP contribution in [0, 0.1) is 0 Å². The van der Waals surface area contributed by atoms with Crippen LogP contribution in [0.3, 0.4) is 0 Å². The van der Waals surface area contributed by atoms with Crippen molar-refractivity contribution in [1.29, 1.82) is 0 Å². The lowest BCUT2D eigenvalue weighted by atomic mass is 9.56. The molecule has 7 nitrogen and oxygen atoms in total. The van der Waals surface area contributed by atoms with E-state index < -0.39 is 47.0 Å². The van der Waals surface area contributed by atoms with E-state index in [-0.39, 0.29) is 19.3 Å². The topological polar surface area (TPSA) is 127 Å². The van der Waals surface area contributed by atoms with Gasteiger partial charge in [0.2, 0.25) is 0 Å². The van der Waals surface area contributed by atoms with E-state index in [1.54, 1.807) is 109 Å². The maximum absolute atomic E-state index is 13.4. The zero-order valence-corrected chi connectivity index (χ0v) is 24.1. The van der Waals surface area contributed by atoms with Gasteiger partial charge in [0.15, 0.2) is 11.4 Å². The van der Waals surface area contributed by atoms with Crippen molar-refractivity contribution in [2.24, 2.45) is 0 Å². The van der Waals surface area contributed by atoms with Crippen LogP contribution in [0.15, 0.2) is 121 Å². The maximum atomic E-state index is 13.4. The molecule has 1 fully saturated rings. The van der Waals surface area contributed by atoms with Gasteiger partial charge in [0.05, 0.1) is 6.10 Å². The van der Waals surface area contributed by atoms with Crippen LogP contribution in [0.5, 0.6) is 0 Å². The lowest BCUT2D eigenvalue weighted by Gasteiger charge is -2.64. The van der Waals surface area contributed by atoms with Crippen LogP contribution in [0.2, 0.25) is 0 Å². The molecule has 5 N–H and O–H groups in total. The molecule has 1 aliphatic heterocycles. The highest BCUT2D eigenvalue weighted by molar-refractivity contribution is 5.85. The number of rotatable bonds is 10. The summed E-state index contributed by atoms with van der Waals surface area (Å²) in [6, 6.07) is 35.2. The summed E-state index contributed by atoms with van der Waals surface area (Å²) < 4.78 is 6.07. The van der Waals surface area contributed by atoms with Crippen molar-refractivity contribution in [3.63, 3.8) is 0 Å². The van der Waals surface area contributed by atoms with Crippen LogP contribution in [0.25, 0.3) is 0 Å². The number of hydrogen-bond acceptors (Lipinski definition) is 7. The number of ether oxygens (including phenoxy) is 1. The first-order chi connectivity index (χ1) is 20.5. The van der Waals surface area contributed by atoms with E-state index in [4.69, 9.17) is 4.74 Å². The smallest absolute Gasteiger partial charge is 0.259 e. The number of Topliss-reactive ketones (excluding diaryl/α,β-unsaturated/α-hetero) is 1. The van der Waals surface area contributed by atoms with Gasteiger partial charge in [0, 0.05) is 32.6 Å². The van der Waals surface area contributed by atoms with E-state index in [0.717, 1.165) is 6.92 Å². The van der Waals surface area contributed by atoms with E-state index in [1.165, 1.54) is 0 Å². The number of carbonyl (C=O) groups is 1. The molecule has 1 unspecified atom stereocenters. The molecule has 0 saturated carbocycles. The Kier molecular flexibility index (Phi) is 8.68. The second kappa shape index (κ2) is 12.1.